The monoisotopic (exact) mass is 518 g/mol. The molecule has 29 heavy (non-hydrogen) atoms. The number of hydrogen-bond acceptors (Lipinski definition) is 1. The van der Waals surface area contributed by atoms with Gasteiger partial charge in [0, 0.05) is 10.9 Å². The molecule has 0 amide bonds. The fraction of sp³-hybridized carbons (Fsp3) is 0.571. The van der Waals surface area contributed by atoms with Crippen LogP contribution in [0.1, 0.15) is 18.1 Å². The molecule has 0 fully saturated rings. The molecule has 1 aromatic carbocycles. The summed E-state index contributed by atoms with van der Waals surface area (Å²) in [6.45, 7) is 0. The third-order valence-electron chi connectivity index (χ3n) is 3.68. The average molecular weight is 519 g/mol. The van der Waals surface area contributed by atoms with Gasteiger partial charge in [0.15, 0.2) is 0 Å². The van der Waals surface area contributed by atoms with Crippen molar-refractivity contribution in [3.05, 3.63) is 34.3 Å². The molecular formula is C14H8BrF13O. The van der Waals surface area contributed by atoms with Crippen molar-refractivity contribution < 1.29 is 62.2 Å². The van der Waals surface area contributed by atoms with Crippen molar-refractivity contribution in [2.75, 3.05) is 0 Å². The van der Waals surface area contributed by atoms with Gasteiger partial charge in [-0.1, -0.05) is 28.1 Å². The summed E-state index contributed by atoms with van der Waals surface area (Å²) in [5, 5.41) is 9.51. The molecular weight excluding hydrogens is 511 g/mol. The molecule has 0 saturated heterocycles. The zero-order chi connectivity index (χ0) is 23.3. The van der Waals surface area contributed by atoms with Crippen LogP contribution in [-0.4, -0.2) is 40.9 Å². The van der Waals surface area contributed by atoms with Gasteiger partial charge in [0.2, 0.25) is 0 Å². The lowest BCUT2D eigenvalue weighted by Crippen LogP contribution is -2.70. The van der Waals surface area contributed by atoms with Crippen LogP contribution >= 0.6 is 15.9 Å². The Morgan fingerprint density at radius 1 is 0.724 bits per heavy atom. The highest BCUT2D eigenvalue weighted by Crippen LogP contribution is 2.61. The molecule has 0 saturated carbocycles. The summed E-state index contributed by atoms with van der Waals surface area (Å²) in [7, 11) is 0. The van der Waals surface area contributed by atoms with Crippen molar-refractivity contribution in [3.8, 4) is 0 Å². The Bertz CT molecular complexity index is 728. The average Bonchev–Trinajstić information content (AvgIpc) is 2.52. The normalized spacial score (nSPS) is 16.1. The highest BCUT2D eigenvalue weighted by atomic mass is 79.9. The molecule has 1 rings (SSSR count). The van der Waals surface area contributed by atoms with Crippen molar-refractivity contribution >= 4 is 15.9 Å². The summed E-state index contributed by atoms with van der Waals surface area (Å²) in [4.78, 5) is 0. The fourth-order valence-electron chi connectivity index (χ4n) is 2.00. The van der Waals surface area contributed by atoms with E-state index in [-0.39, 0.29) is 4.47 Å². The van der Waals surface area contributed by atoms with E-state index in [1.54, 1.807) is 0 Å². The van der Waals surface area contributed by atoms with Gasteiger partial charge in [0.05, 0.1) is 6.10 Å². The number of alkyl halides is 13. The van der Waals surface area contributed by atoms with E-state index in [9.17, 15) is 62.2 Å². The third kappa shape index (κ3) is 4.16. The van der Waals surface area contributed by atoms with E-state index in [1.165, 1.54) is 6.07 Å². The number of hydrogen-bond donors (Lipinski definition) is 1. The number of halogens is 14. The van der Waals surface area contributed by atoms with Crippen molar-refractivity contribution in [2.45, 2.75) is 48.3 Å². The molecule has 15 heteroatoms. The van der Waals surface area contributed by atoms with Crippen LogP contribution in [-0.2, 0) is 0 Å². The first-order chi connectivity index (χ1) is 12.6. The first-order valence-corrected chi connectivity index (χ1v) is 7.82. The van der Waals surface area contributed by atoms with E-state index < -0.39 is 53.9 Å². The largest absolute Gasteiger partial charge is 0.460 e. The molecule has 0 bridgehead atoms. The van der Waals surface area contributed by atoms with Crippen molar-refractivity contribution in [3.63, 3.8) is 0 Å². The maximum absolute atomic E-state index is 13.7. The molecule has 0 radical (unpaired) electrons. The molecule has 0 aromatic heterocycles. The Hall–Kier alpha value is -1.25. The molecule has 1 aromatic rings. The molecule has 168 valence electrons. The van der Waals surface area contributed by atoms with Crippen molar-refractivity contribution in [1.29, 1.82) is 0 Å². The van der Waals surface area contributed by atoms with E-state index in [1.807, 2.05) is 0 Å². The topological polar surface area (TPSA) is 20.2 Å². The van der Waals surface area contributed by atoms with Gasteiger partial charge in [-0.2, -0.15) is 57.1 Å². The molecule has 0 aliphatic heterocycles. The Labute approximate surface area is 161 Å². The minimum atomic E-state index is -7.95. The van der Waals surface area contributed by atoms with Gasteiger partial charge in [-0.05, 0) is 17.7 Å². The lowest BCUT2D eigenvalue weighted by molar-refractivity contribution is -0.440. The number of aliphatic hydroxyl groups is 1. The number of benzene rings is 1. The second kappa shape index (κ2) is 7.46. The Kier molecular flexibility index (Phi) is 6.64. The summed E-state index contributed by atoms with van der Waals surface area (Å²) >= 11 is 2.79. The Morgan fingerprint density at radius 3 is 1.59 bits per heavy atom. The Balaban J connectivity index is 3.35. The van der Waals surface area contributed by atoms with Crippen LogP contribution in [0.5, 0.6) is 0 Å². The lowest BCUT2D eigenvalue weighted by Gasteiger charge is -2.40. The SMILES string of the molecule is OC(CC(F)(F)C(F)(F)C(F)(F)C(F)(F)C(F)(F)C(F)(F)F)c1cccc(Br)c1. The molecule has 0 aliphatic carbocycles. The number of aliphatic hydroxyl groups excluding tert-OH is 1. The highest BCUT2D eigenvalue weighted by molar-refractivity contribution is 9.10. The van der Waals surface area contributed by atoms with E-state index in [4.69, 9.17) is 0 Å². The quantitative estimate of drug-likeness (QED) is 0.403. The molecule has 0 aliphatic rings. The lowest BCUT2D eigenvalue weighted by atomic mass is 9.90. The van der Waals surface area contributed by atoms with Gasteiger partial charge >= 0.3 is 35.8 Å². The summed E-state index contributed by atoms with van der Waals surface area (Å²) in [5.74, 6) is -37.3. The van der Waals surface area contributed by atoms with Crippen LogP contribution in [0.25, 0.3) is 0 Å². The molecule has 1 N–H and O–H groups in total. The van der Waals surface area contributed by atoms with E-state index in [0.717, 1.165) is 18.2 Å². The smallest absolute Gasteiger partial charge is 0.388 e. The molecule has 1 nitrogen and oxygen atoms in total. The standard InChI is InChI=1S/C14H8BrF13O/c15-7-3-1-2-6(4-7)8(29)5-9(16,17)10(18,19)11(20,21)12(22,23)13(24,25)14(26,27)28/h1-4,8,29H,5H2. The van der Waals surface area contributed by atoms with Gasteiger partial charge in [-0.25, -0.2) is 0 Å². The van der Waals surface area contributed by atoms with Gasteiger partial charge in [-0.15, -0.1) is 0 Å². The van der Waals surface area contributed by atoms with Crippen molar-refractivity contribution in [2.24, 2.45) is 0 Å². The fourth-order valence-corrected chi connectivity index (χ4v) is 2.42. The van der Waals surface area contributed by atoms with E-state index in [0.29, 0.717) is 0 Å². The summed E-state index contributed by atoms with van der Waals surface area (Å²) in [6, 6.07) is 4.03. The summed E-state index contributed by atoms with van der Waals surface area (Å²) < 4.78 is 169. The summed E-state index contributed by atoms with van der Waals surface area (Å²) in [6.07, 6.45) is -12.8. The maximum Gasteiger partial charge on any atom is 0.460 e. The molecule has 1 unspecified atom stereocenters. The van der Waals surface area contributed by atoms with E-state index >= 15 is 0 Å². The van der Waals surface area contributed by atoms with Crippen molar-refractivity contribution in [1.82, 2.24) is 0 Å². The molecule has 1 atom stereocenters. The first kappa shape index (κ1) is 25.8. The highest BCUT2D eigenvalue weighted by Gasteiger charge is 2.90. The van der Waals surface area contributed by atoms with Gasteiger partial charge in [-0.3, -0.25) is 0 Å². The van der Waals surface area contributed by atoms with Crippen LogP contribution in [0.2, 0.25) is 0 Å². The molecule has 0 heterocycles. The summed E-state index contributed by atoms with van der Waals surface area (Å²) in [5.41, 5.74) is -0.592. The maximum atomic E-state index is 13.7. The van der Waals surface area contributed by atoms with Crippen LogP contribution in [0.15, 0.2) is 28.7 Å². The van der Waals surface area contributed by atoms with Crippen LogP contribution < -0.4 is 0 Å². The van der Waals surface area contributed by atoms with Crippen LogP contribution in [0.3, 0.4) is 0 Å². The van der Waals surface area contributed by atoms with Gasteiger partial charge < -0.3 is 5.11 Å². The third-order valence-corrected chi connectivity index (χ3v) is 4.17. The number of rotatable bonds is 7. The second-order valence-corrected chi connectivity index (χ2v) is 6.69. The van der Waals surface area contributed by atoms with E-state index in [2.05, 4.69) is 15.9 Å². The minimum absolute atomic E-state index is 0.0887. The minimum Gasteiger partial charge on any atom is -0.388 e. The zero-order valence-corrected chi connectivity index (χ0v) is 14.9. The second-order valence-electron chi connectivity index (χ2n) is 5.77. The van der Waals surface area contributed by atoms with Crippen LogP contribution in [0, 0.1) is 0 Å². The van der Waals surface area contributed by atoms with Crippen LogP contribution in [0.4, 0.5) is 57.1 Å². The zero-order valence-electron chi connectivity index (χ0n) is 13.3. The van der Waals surface area contributed by atoms with Gasteiger partial charge in [0.1, 0.15) is 0 Å². The predicted octanol–water partition coefficient (Wildman–Crippen LogP) is 6.61. The first-order valence-electron chi connectivity index (χ1n) is 7.03. The molecule has 0 spiro atoms. The van der Waals surface area contributed by atoms with Gasteiger partial charge in [0.25, 0.3) is 0 Å². The predicted molar refractivity (Wildman–Crippen MR) is 74.5 cm³/mol. The Morgan fingerprint density at radius 2 is 1.17 bits per heavy atom.